The van der Waals surface area contributed by atoms with Crippen LogP contribution in [0.25, 0.3) is 33.0 Å². The zero-order valence-electron chi connectivity index (χ0n) is 21.1. The van der Waals surface area contributed by atoms with E-state index in [0.717, 1.165) is 11.3 Å². The predicted molar refractivity (Wildman–Crippen MR) is 155 cm³/mol. The summed E-state index contributed by atoms with van der Waals surface area (Å²) in [4.78, 5) is 30.1. The molecule has 0 aliphatic carbocycles. The molecule has 7 nitrogen and oxygen atoms in total. The molecule has 4 aromatic rings. The van der Waals surface area contributed by atoms with Crippen LogP contribution >= 0.6 is 34.5 Å². The van der Waals surface area contributed by atoms with Gasteiger partial charge in [-0.2, -0.15) is 0 Å². The number of morpholine rings is 1. The number of aromatic carboxylic acids is 1. The summed E-state index contributed by atoms with van der Waals surface area (Å²) in [5, 5.41) is 17.2. The first-order valence-electron chi connectivity index (χ1n) is 12.4. The predicted octanol–water partition coefficient (Wildman–Crippen LogP) is 6.86. The van der Waals surface area contributed by atoms with Crippen molar-refractivity contribution < 1.29 is 19.4 Å². The lowest BCUT2D eigenvalue weighted by Gasteiger charge is -2.36. The summed E-state index contributed by atoms with van der Waals surface area (Å²) in [7, 11) is 0. The summed E-state index contributed by atoms with van der Waals surface area (Å²) in [6.45, 7) is 5.01. The number of hydrazine groups is 1. The molecule has 0 unspecified atom stereocenters. The van der Waals surface area contributed by atoms with E-state index in [2.05, 4.69) is 4.98 Å². The average molecular weight is 583 g/mol. The quantitative estimate of drug-likeness (QED) is 0.257. The van der Waals surface area contributed by atoms with E-state index in [9.17, 15) is 14.7 Å². The zero-order chi connectivity index (χ0) is 27.5. The molecule has 0 bridgehead atoms. The fourth-order valence-electron chi connectivity index (χ4n) is 4.51. The van der Waals surface area contributed by atoms with E-state index in [4.69, 9.17) is 27.9 Å². The van der Waals surface area contributed by atoms with Gasteiger partial charge in [-0.05, 0) is 48.4 Å². The lowest BCUT2D eigenvalue weighted by molar-refractivity contribution is -0.0675. The number of ether oxygens (including phenoxy) is 1. The highest BCUT2D eigenvalue weighted by Crippen LogP contribution is 2.34. The van der Waals surface area contributed by atoms with E-state index in [-0.39, 0.29) is 11.5 Å². The minimum absolute atomic E-state index is 0.0960. The van der Waals surface area contributed by atoms with Gasteiger partial charge in [0.2, 0.25) is 0 Å². The van der Waals surface area contributed by atoms with Crippen LogP contribution in [-0.2, 0) is 4.74 Å². The van der Waals surface area contributed by atoms with Gasteiger partial charge in [-0.15, -0.1) is 11.3 Å². The summed E-state index contributed by atoms with van der Waals surface area (Å²) in [6, 6.07) is 17.6. The molecule has 1 saturated heterocycles. The molecule has 10 heteroatoms. The van der Waals surface area contributed by atoms with Crippen molar-refractivity contribution in [2.45, 2.75) is 6.92 Å². The SMILES string of the molecule is CCN(C(=O)c1ccc(-c2ccc(-c3nc(-c4ccc(Cl)c(Cl)c4)cs3)cc2C(=O)O)cc1)N1CCOCC1. The van der Waals surface area contributed by atoms with Crippen LogP contribution < -0.4 is 0 Å². The third-order valence-electron chi connectivity index (χ3n) is 6.52. The van der Waals surface area contributed by atoms with Gasteiger partial charge in [-0.1, -0.05) is 53.5 Å². The molecule has 0 saturated carbocycles. The van der Waals surface area contributed by atoms with Crippen molar-refractivity contribution in [1.29, 1.82) is 0 Å². The lowest BCUT2D eigenvalue weighted by Crippen LogP contribution is -2.51. The largest absolute Gasteiger partial charge is 0.478 e. The fraction of sp³-hybridized carbons (Fsp3) is 0.207. The second-order valence-corrected chi connectivity index (χ2v) is 10.6. The van der Waals surface area contributed by atoms with Crippen LogP contribution in [0.5, 0.6) is 0 Å². The van der Waals surface area contributed by atoms with E-state index < -0.39 is 5.97 Å². The maximum Gasteiger partial charge on any atom is 0.336 e. The van der Waals surface area contributed by atoms with Crippen LogP contribution in [-0.4, -0.2) is 64.8 Å². The summed E-state index contributed by atoms with van der Waals surface area (Å²) in [5.41, 5.74) is 4.22. The molecule has 5 rings (SSSR count). The van der Waals surface area contributed by atoms with Crippen molar-refractivity contribution >= 4 is 46.4 Å². The Morgan fingerprint density at radius 2 is 1.67 bits per heavy atom. The molecule has 200 valence electrons. The number of thiazole rings is 1. The summed E-state index contributed by atoms with van der Waals surface area (Å²) in [5.74, 6) is -1.14. The Bertz CT molecular complexity index is 1520. The highest BCUT2D eigenvalue weighted by atomic mass is 35.5. The number of amides is 1. The van der Waals surface area contributed by atoms with Gasteiger partial charge in [0.25, 0.3) is 5.91 Å². The number of carboxylic acid groups (broad SMARTS) is 1. The van der Waals surface area contributed by atoms with Gasteiger partial charge in [0, 0.05) is 41.7 Å². The highest BCUT2D eigenvalue weighted by Gasteiger charge is 2.23. The van der Waals surface area contributed by atoms with Crippen LogP contribution in [0.2, 0.25) is 10.0 Å². The number of carbonyl (C=O) groups is 2. The van der Waals surface area contributed by atoms with Crippen LogP contribution in [0.15, 0.2) is 66.0 Å². The fourth-order valence-corrected chi connectivity index (χ4v) is 5.63. The maximum atomic E-state index is 13.2. The Morgan fingerprint density at radius 3 is 2.33 bits per heavy atom. The van der Waals surface area contributed by atoms with Gasteiger partial charge in [0.15, 0.2) is 0 Å². The maximum absolute atomic E-state index is 13.2. The number of nitrogens with zero attached hydrogens (tertiary/aromatic N) is 3. The van der Waals surface area contributed by atoms with Crippen molar-refractivity contribution in [3.8, 4) is 33.0 Å². The number of rotatable bonds is 7. The second-order valence-electron chi connectivity index (χ2n) is 8.90. The Labute approximate surface area is 240 Å². The number of hydrogen-bond acceptors (Lipinski definition) is 6. The first-order valence-corrected chi connectivity index (χ1v) is 14.0. The molecule has 3 aromatic carbocycles. The first kappa shape index (κ1) is 27.3. The zero-order valence-corrected chi connectivity index (χ0v) is 23.4. The summed E-state index contributed by atoms with van der Waals surface area (Å²) in [6.07, 6.45) is 0. The van der Waals surface area contributed by atoms with Gasteiger partial charge in [-0.25, -0.2) is 14.8 Å². The van der Waals surface area contributed by atoms with Crippen molar-refractivity contribution in [2.24, 2.45) is 0 Å². The van der Waals surface area contributed by atoms with Crippen molar-refractivity contribution in [3.63, 3.8) is 0 Å². The van der Waals surface area contributed by atoms with Crippen LogP contribution in [0.3, 0.4) is 0 Å². The van der Waals surface area contributed by atoms with Crippen molar-refractivity contribution in [1.82, 2.24) is 15.0 Å². The smallest absolute Gasteiger partial charge is 0.336 e. The molecule has 1 N–H and O–H groups in total. The molecule has 1 amide bonds. The normalized spacial score (nSPS) is 13.8. The van der Waals surface area contributed by atoms with Crippen molar-refractivity contribution in [2.75, 3.05) is 32.8 Å². The third-order valence-corrected chi connectivity index (χ3v) is 8.15. The van der Waals surface area contributed by atoms with Gasteiger partial charge in [0.05, 0.1) is 34.5 Å². The number of benzene rings is 3. The highest BCUT2D eigenvalue weighted by molar-refractivity contribution is 7.13. The van der Waals surface area contributed by atoms with Gasteiger partial charge >= 0.3 is 5.97 Å². The molecule has 2 heterocycles. The Hall–Kier alpha value is -3.27. The number of hydrogen-bond donors (Lipinski definition) is 1. The second kappa shape index (κ2) is 11.9. The molecule has 1 aliphatic heterocycles. The monoisotopic (exact) mass is 581 g/mol. The molecular formula is C29H25Cl2N3O4S. The molecule has 1 aliphatic rings. The summed E-state index contributed by atoms with van der Waals surface area (Å²) >= 11 is 13.6. The van der Waals surface area contributed by atoms with E-state index in [0.29, 0.717) is 70.2 Å². The number of halogens is 2. The third kappa shape index (κ3) is 5.85. The number of carboxylic acids is 1. The number of aromatic nitrogens is 1. The topological polar surface area (TPSA) is 83.0 Å². The van der Waals surface area contributed by atoms with Gasteiger partial charge < -0.3 is 9.84 Å². The van der Waals surface area contributed by atoms with Crippen LogP contribution in [0, 0.1) is 0 Å². The first-order chi connectivity index (χ1) is 18.9. The molecule has 39 heavy (non-hydrogen) atoms. The lowest BCUT2D eigenvalue weighted by atomic mass is 9.96. The minimum Gasteiger partial charge on any atom is -0.478 e. The van der Waals surface area contributed by atoms with E-state index in [1.807, 2.05) is 29.4 Å². The Morgan fingerprint density at radius 1 is 0.974 bits per heavy atom. The molecular weight excluding hydrogens is 557 g/mol. The summed E-state index contributed by atoms with van der Waals surface area (Å²) < 4.78 is 5.40. The molecule has 1 aromatic heterocycles. The Kier molecular flexibility index (Phi) is 8.30. The average Bonchev–Trinajstić information content (AvgIpc) is 3.46. The molecule has 0 atom stereocenters. The molecule has 1 fully saturated rings. The molecule has 0 spiro atoms. The molecule has 0 radical (unpaired) electrons. The van der Waals surface area contributed by atoms with E-state index in [1.165, 1.54) is 11.3 Å². The van der Waals surface area contributed by atoms with Crippen LogP contribution in [0.4, 0.5) is 0 Å². The van der Waals surface area contributed by atoms with Gasteiger partial charge in [-0.3, -0.25) is 9.80 Å². The van der Waals surface area contributed by atoms with Gasteiger partial charge in [0.1, 0.15) is 5.01 Å². The number of carbonyl (C=O) groups excluding carboxylic acids is 1. The minimum atomic E-state index is -1.04. The van der Waals surface area contributed by atoms with Crippen molar-refractivity contribution in [3.05, 3.63) is 87.2 Å². The van der Waals surface area contributed by atoms with Crippen LogP contribution in [0.1, 0.15) is 27.6 Å². The van der Waals surface area contributed by atoms with E-state index >= 15 is 0 Å². The standard InChI is InChI=1S/C29H25Cl2N3O4S/c1-2-34(33-11-13-38-14-12-33)28(35)19-5-3-18(4-6-19)22-9-7-21(15-23(22)29(36)37)27-32-26(17-39-27)20-8-10-24(30)25(31)16-20/h3-10,15-17H,2,11-14H2,1H3,(H,36,37). The Balaban J connectivity index is 1.40. The van der Waals surface area contributed by atoms with E-state index in [1.54, 1.807) is 53.5 Å².